The van der Waals surface area contributed by atoms with E-state index >= 15 is 0 Å². The predicted molar refractivity (Wildman–Crippen MR) is 329 cm³/mol. The lowest BCUT2D eigenvalue weighted by Crippen LogP contribution is -2.62. The van der Waals surface area contributed by atoms with Crippen LogP contribution in [-0.4, -0.2) is 216 Å². The Morgan fingerprint density at radius 3 is 1.71 bits per heavy atom. The van der Waals surface area contributed by atoms with Gasteiger partial charge in [0.1, 0.15) is 41.8 Å². The SMILES string of the molecule is CC[C@H](C)[C@@H]1NC(=O)[C@H](CC(C)C)N(C)C(=O)C[C@@H](C)NC(=O)[C@H](CC(C)C)N(C)C(=O)C(C)(C)NC(=O)[C@@H]2CCCN2C(=O)[C@H](CCc2ccc(C(F)(F)F)cc2)NC(=O)CN(C)C(=O)[C@H](Cc2ccc(Cl)cc2)N(C)C(=O)CN(C)C(=O)CN(C)C1=O. The lowest BCUT2D eigenvalue weighted by Gasteiger charge is -2.37. The van der Waals surface area contributed by atoms with Crippen molar-refractivity contribution in [3.8, 4) is 0 Å². The van der Waals surface area contributed by atoms with E-state index in [9.17, 15) is 65.9 Å². The van der Waals surface area contributed by atoms with Gasteiger partial charge in [-0.25, -0.2) is 0 Å². The van der Waals surface area contributed by atoms with E-state index in [4.69, 9.17) is 11.6 Å². The number of alkyl halides is 3. The maximum Gasteiger partial charge on any atom is 0.416 e. The van der Waals surface area contributed by atoms with Crippen molar-refractivity contribution in [2.75, 3.05) is 68.5 Å². The average molecular weight is 1270 g/mol. The molecule has 11 amide bonds. The minimum Gasteiger partial charge on any atom is -0.351 e. The molecule has 2 aliphatic heterocycles. The Hall–Kier alpha value is -7.31. The molecule has 0 spiro atoms. The highest BCUT2D eigenvalue weighted by molar-refractivity contribution is 6.30. The van der Waals surface area contributed by atoms with Crippen LogP contribution in [0.25, 0.3) is 0 Å². The molecule has 0 saturated carbocycles. The molecule has 2 saturated heterocycles. The topological polar surface area (TPSA) is 259 Å². The molecule has 0 radical (unpaired) electrons. The summed E-state index contributed by atoms with van der Waals surface area (Å²) in [4.78, 5) is 166. The summed E-state index contributed by atoms with van der Waals surface area (Å²) < 4.78 is 40.6. The molecule has 0 unspecified atom stereocenters. The number of likely N-dealkylation sites (N-methyl/N-ethyl adjacent to an activating group) is 6. The lowest BCUT2D eigenvalue weighted by molar-refractivity contribution is -0.148. The second-order valence-electron chi connectivity index (χ2n) is 25.3. The molecular weight excluding hydrogens is 1180 g/mol. The monoisotopic (exact) mass is 1270 g/mol. The fourth-order valence-electron chi connectivity index (χ4n) is 10.9. The second-order valence-corrected chi connectivity index (χ2v) is 25.8. The van der Waals surface area contributed by atoms with Crippen LogP contribution in [0, 0.1) is 17.8 Å². The first-order valence-electron chi connectivity index (χ1n) is 30.3. The summed E-state index contributed by atoms with van der Waals surface area (Å²) in [7, 11) is 8.25. The van der Waals surface area contributed by atoms with E-state index in [0.717, 1.165) is 31.7 Å². The smallest absolute Gasteiger partial charge is 0.351 e. The van der Waals surface area contributed by atoms with Crippen LogP contribution in [-0.2, 0) is 71.8 Å². The van der Waals surface area contributed by atoms with Crippen molar-refractivity contribution in [3.63, 3.8) is 0 Å². The fraction of sp³-hybridized carbons (Fsp3) is 0.635. The van der Waals surface area contributed by atoms with Crippen molar-refractivity contribution >= 4 is 76.6 Å². The number of halogens is 4. The van der Waals surface area contributed by atoms with Crippen LogP contribution in [0.1, 0.15) is 124 Å². The summed E-state index contributed by atoms with van der Waals surface area (Å²) in [6, 6.07) is 2.71. The van der Waals surface area contributed by atoms with Gasteiger partial charge in [0, 0.05) is 72.7 Å². The van der Waals surface area contributed by atoms with Crippen molar-refractivity contribution in [3.05, 3.63) is 70.2 Å². The number of nitrogens with one attached hydrogen (secondary N) is 4. The maximum atomic E-state index is 14.8. The summed E-state index contributed by atoms with van der Waals surface area (Å²) in [6.45, 7) is 13.8. The molecule has 2 aromatic rings. The van der Waals surface area contributed by atoms with E-state index in [1.807, 2.05) is 34.6 Å². The highest BCUT2D eigenvalue weighted by Gasteiger charge is 2.44. The Labute approximate surface area is 526 Å². The third-order valence-corrected chi connectivity index (χ3v) is 16.8. The molecule has 22 nitrogen and oxygen atoms in total. The molecule has 0 bridgehead atoms. The van der Waals surface area contributed by atoms with Gasteiger partial charge < -0.3 is 55.6 Å². The van der Waals surface area contributed by atoms with E-state index in [2.05, 4.69) is 21.3 Å². The minimum atomic E-state index is -4.62. The molecule has 0 aromatic heterocycles. The highest BCUT2D eigenvalue weighted by Crippen LogP contribution is 2.30. The summed E-state index contributed by atoms with van der Waals surface area (Å²) in [5.41, 5.74) is -1.63. The van der Waals surface area contributed by atoms with Crippen LogP contribution in [0.5, 0.6) is 0 Å². The molecule has 26 heteroatoms. The molecular formula is C63H93ClF3N11O11. The van der Waals surface area contributed by atoms with Gasteiger partial charge in [-0.15, -0.1) is 0 Å². The van der Waals surface area contributed by atoms with Crippen molar-refractivity contribution in [1.29, 1.82) is 0 Å². The van der Waals surface area contributed by atoms with Crippen molar-refractivity contribution < 1.29 is 65.9 Å². The van der Waals surface area contributed by atoms with Gasteiger partial charge >= 0.3 is 6.18 Å². The van der Waals surface area contributed by atoms with Gasteiger partial charge in [0.2, 0.25) is 65.0 Å². The van der Waals surface area contributed by atoms with Crippen molar-refractivity contribution in [2.45, 2.75) is 174 Å². The first-order chi connectivity index (χ1) is 41.4. The zero-order valence-corrected chi connectivity index (χ0v) is 55.0. The Bertz CT molecular complexity index is 2860. The summed E-state index contributed by atoms with van der Waals surface area (Å²) in [5, 5.41) is 11.6. The molecule has 2 fully saturated rings. The van der Waals surface area contributed by atoms with E-state index in [-0.39, 0.29) is 63.3 Å². The summed E-state index contributed by atoms with van der Waals surface area (Å²) in [5.74, 6) is -8.14. The van der Waals surface area contributed by atoms with Crippen LogP contribution >= 0.6 is 11.6 Å². The van der Waals surface area contributed by atoms with E-state index in [1.54, 1.807) is 38.1 Å². The minimum absolute atomic E-state index is 0.0192. The van der Waals surface area contributed by atoms with Gasteiger partial charge in [-0.3, -0.25) is 52.7 Å². The van der Waals surface area contributed by atoms with Crippen molar-refractivity contribution in [2.24, 2.45) is 17.8 Å². The molecule has 8 atom stereocenters. The average Bonchev–Trinajstić information content (AvgIpc) is 2.34. The van der Waals surface area contributed by atoms with Crippen LogP contribution in [0.2, 0.25) is 5.02 Å². The van der Waals surface area contributed by atoms with Crippen LogP contribution in [0.15, 0.2) is 48.5 Å². The number of aryl methyl sites for hydroxylation is 1. The first-order valence-corrected chi connectivity index (χ1v) is 30.7. The molecule has 494 valence electrons. The van der Waals surface area contributed by atoms with Gasteiger partial charge in [0.25, 0.3) is 0 Å². The number of nitrogens with zero attached hydrogens (tertiary/aromatic N) is 7. The van der Waals surface area contributed by atoms with Crippen molar-refractivity contribution in [1.82, 2.24) is 55.6 Å². The molecule has 2 heterocycles. The number of benzene rings is 2. The van der Waals surface area contributed by atoms with Gasteiger partial charge in [0.05, 0.1) is 25.2 Å². The lowest BCUT2D eigenvalue weighted by atomic mass is 9.95. The number of fused-ring (bicyclic) bond motifs is 1. The number of carbonyl (C=O) groups excluding carboxylic acids is 11. The molecule has 0 aliphatic carbocycles. The highest BCUT2D eigenvalue weighted by atomic mass is 35.5. The standard InChI is InChI=1S/C63H93ClF3N11O11/c1-16-39(6)54-60(88)74(12)35-52(81)72(10)36-53(82)76(14)49(33-42-21-26-44(64)27-22-42)59(87)73(11)34-50(79)69-45(28-23-41-19-24-43(25-20-41)63(65,66)67)58(86)78-29-17-18-46(78)57(85)71-62(8,9)61(89)77(15)48(31-38(4)5)55(83)68-40(7)32-51(80)75(13)47(30-37(2)3)56(84)70-54/h19-22,24-27,37-40,45-49,54H,16-18,23,28-36H2,1-15H3,(H,68,83)(H,69,79)(H,70,84)(H,71,85)/t39-,40+,45-,46-,47-,48-,49-,54-/m0/s1. The Kier molecular flexibility index (Phi) is 27.0. The quantitative estimate of drug-likeness (QED) is 0.247. The zero-order chi connectivity index (χ0) is 67.2. The van der Waals surface area contributed by atoms with E-state index < -0.39 is 150 Å². The van der Waals surface area contributed by atoms with Gasteiger partial charge in [-0.05, 0) is 112 Å². The van der Waals surface area contributed by atoms with Gasteiger partial charge in [-0.2, -0.15) is 13.2 Å². The number of hydrogen-bond donors (Lipinski definition) is 4. The Morgan fingerprint density at radius 2 is 1.15 bits per heavy atom. The van der Waals surface area contributed by atoms with E-state index in [1.165, 1.54) is 83.0 Å². The summed E-state index contributed by atoms with van der Waals surface area (Å²) in [6.07, 6.45) is -3.92. The molecule has 4 rings (SSSR count). The Morgan fingerprint density at radius 1 is 0.618 bits per heavy atom. The largest absolute Gasteiger partial charge is 0.416 e. The summed E-state index contributed by atoms with van der Waals surface area (Å²) >= 11 is 6.19. The van der Waals surface area contributed by atoms with Crippen LogP contribution in [0.4, 0.5) is 13.2 Å². The fourth-order valence-corrected chi connectivity index (χ4v) is 11.0. The Balaban J connectivity index is 1.80. The maximum absolute atomic E-state index is 14.8. The van der Waals surface area contributed by atoms with Crippen LogP contribution < -0.4 is 21.3 Å². The van der Waals surface area contributed by atoms with Crippen LogP contribution in [0.3, 0.4) is 0 Å². The van der Waals surface area contributed by atoms with Gasteiger partial charge in [-0.1, -0.05) is 83.8 Å². The normalized spacial score (nSPS) is 24.4. The number of amides is 11. The van der Waals surface area contributed by atoms with Gasteiger partial charge in [0.15, 0.2) is 0 Å². The zero-order valence-electron chi connectivity index (χ0n) is 54.2. The number of rotatable bonds is 11. The molecule has 89 heavy (non-hydrogen) atoms. The number of hydrogen-bond acceptors (Lipinski definition) is 11. The molecule has 2 aliphatic rings. The molecule has 2 aromatic carbocycles. The molecule has 4 N–H and O–H groups in total. The third kappa shape index (κ3) is 20.9. The van der Waals surface area contributed by atoms with E-state index in [0.29, 0.717) is 29.0 Å². The first kappa shape index (κ1) is 74.2. The second kappa shape index (κ2) is 32.4. The third-order valence-electron chi connectivity index (χ3n) is 16.5. The predicted octanol–water partition coefficient (Wildman–Crippen LogP) is 4.29. The number of carbonyl (C=O) groups is 11.